The van der Waals surface area contributed by atoms with Gasteiger partial charge in [0.25, 0.3) is 5.91 Å². The molecule has 0 aromatic carbocycles. The van der Waals surface area contributed by atoms with E-state index in [2.05, 4.69) is 5.32 Å². The smallest absolute Gasteiger partial charge is 0.390 e. The van der Waals surface area contributed by atoms with Gasteiger partial charge in [-0.05, 0) is 43.4 Å². The Labute approximate surface area is 133 Å². The van der Waals surface area contributed by atoms with E-state index in [9.17, 15) is 18.0 Å². The number of hydrogen-bond donors (Lipinski definition) is 3. The first-order chi connectivity index (χ1) is 10.8. The first kappa shape index (κ1) is 17.3. The van der Waals surface area contributed by atoms with Crippen molar-refractivity contribution in [2.75, 3.05) is 13.1 Å². The summed E-state index contributed by atoms with van der Waals surface area (Å²) in [6.07, 6.45) is 3.76. The molecule has 0 atom stereocenters. The maximum atomic E-state index is 12.2. The molecule has 0 aliphatic heterocycles. The minimum atomic E-state index is -4.45. The zero-order chi connectivity index (χ0) is 17.0. The van der Waals surface area contributed by atoms with Crippen molar-refractivity contribution in [2.24, 2.45) is 5.92 Å². The number of carbonyl (C=O) groups is 1. The molecular formula is C16H20F3N3O. The fourth-order valence-corrected chi connectivity index (χ4v) is 2.40. The number of alkyl halides is 3. The summed E-state index contributed by atoms with van der Waals surface area (Å²) in [7, 11) is 0. The van der Waals surface area contributed by atoms with Crippen LogP contribution in [-0.2, 0) is 4.79 Å². The minimum Gasteiger partial charge on any atom is -0.390 e. The van der Waals surface area contributed by atoms with Crippen molar-refractivity contribution in [1.29, 1.82) is 5.41 Å². The number of allylic oxidation sites excluding steroid dienone is 3. The molecule has 7 heteroatoms. The molecule has 0 spiro atoms. The molecule has 126 valence electrons. The standard InChI is InChI=1S/C16H20F3N3O/c1-10-5-14(20)12(8-21-7-11-3-2-4-11)6-13(10)15(23)22-9-16(17,18)19/h5-6,8,11,20-21H,2-4,7,9H2,1H3,(H,22,23)/b12-8-,20-14?. The maximum Gasteiger partial charge on any atom is 0.405 e. The zero-order valence-corrected chi connectivity index (χ0v) is 12.9. The maximum absolute atomic E-state index is 12.2. The van der Waals surface area contributed by atoms with Crippen LogP contribution in [0, 0.1) is 11.3 Å². The van der Waals surface area contributed by atoms with Crippen molar-refractivity contribution < 1.29 is 18.0 Å². The van der Waals surface area contributed by atoms with Crippen LogP contribution in [0.2, 0.25) is 0 Å². The van der Waals surface area contributed by atoms with Crippen molar-refractivity contribution in [1.82, 2.24) is 10.6 Å². The van der Waals surface area contributed by atoms with Gasteiger partial charge in [-0.2, -0.15) is 13.2 Å². The number of amides is 1. The Hall–Kier alpha value is -2.05. The van der Waals surface area contributed by atoms with E-state index in [-0.39, 0.29) is 11.3 Å². The van der Waals surface area contributed by atoms with Crippen molar-refractivity contribution in [2.45, 2.75) is 32.4 Å². The van der Waals surface area contributed by atoms with Crippen LogP contribution in [0.25, 0.3) is 0 Å². The molecule has 0 saturated heterocycles. The predicted molar refractivity (Wildman–Crippen MR) is 82.1 cm³/mol. The van der Waals surface area contributed by atoms with E-state index in [1.807, 2.05) is 5.32 Å². The summed E-state index contributed by atoms with van der Waals surface area (Å²) in [6.45, 7) is 1.04. The van der Waals surface area contributed by atoms with Gasteiger partial charge in [0.2, 0.25) is 0 Å². The third kappa shape index (κ3) is 4.97. The summed E-state index contributed by atoms with van der Waals surface area (Å²) in [4.78, 5) is 11.9. The molecule has 0 heterocycles. The molecule has 2 aliphatic rings. The van der Waals surface area contributed by atoms with E-state index in [0.717, 1.165) is 6.54 Å². The van der Waals surface area contributed by atoms with E-state index in [0.29, 0.717) is 17.1 Å². The van der Waals surface area contributed by atoms with Gasteiger partial charge < -0.3 is 16.0 Å². The van der Waals surface area contributed by atoms with Crippen LogP contribution < -0.4 is 10.6 Å². The molecule has 1 fully saturated rings. The van der Waals surface area contributed by atoms with Crippen molar-refractivity contribution in [3.8, 4) is 0 Å². The summed E-state index contributed by atoms with van der Waals surface area (Å²) >= 11 is 0. The quantitative estimate of drug-likeness (QED) is 0.727. The molecule has 0 radical (unpaired) electrons. The summed E-state index contributed by atoms with van der Waals surface area (Å²) in [5.41, 5.74) is 1.36. The Morgan fingerprint density at radius 3 is 2.65 bits per heavy atom. The van der Waals surface area contributed by atoms with Crippen molar-refractivity contribution >= 4 is 11.6 Å². The Balaban J connectivity index is 2.02. The number of hydrogen-bond acceptors (Lipinski definition) is 3. The van der Waals surface area contributed by atoms with E-state index in [4.69, 9.17) is 5.41 Å². The highest BCUT2D eigenvalue weighted by molar-refractivity contribution is 6.14. The highest BCUT2D eigenvalue weighted by Crippen LogP contribution is 2.25. The lowest BCUT2D eigenvalue weighted by molar-refractivity contribution is -0.136. The Morgan fingerprint density at radius 1 is 1.39 bits per heavy atom. The van der Waals surface area contributed by atoms with Crippen LogP contribution in [0.4, 0.5) is 13.2 Å². The number of nitrogens with one attached hydrogen (secondary N) is 3. The fraction of sp³-hybridized carbons (Fsp3) is 0.500. The van der Waals surface area contributed by atoms with Gasteiger partial charge in [-0.15, -0.1) is 0 Å². The molecule has 1 saturated carbocycles. The lowest BCUT2D eigenvalue weighted by Gasteiger charge is -2.25. The molecular weight excluding hydrogens is 307 g/mol. The minimum absolute atomic E-state index is 0.155. The van der Waals surface area contributed by atoms with Crippen LogP contribution in [-0.4, -0.2) is 30.9 Å². The Bertz CT molecular complexity index is 584. The molecule has 0 unspecified atom stereocenters. The molecule has 0 aromatic heterocycles. The second-order valence-electron chi connectivity index (χ2n) is 5.90. The molecule has 0 aromatic rings. The summed E-state index contributed by atoms with van der Waals surface area (Å²) < 4.78 is 36.6. The summed E-state index contributed by atoms with van der Waals surface area (Å²) in [5.74, 6) is -0.145. The first-order valence-corrected chi connectivity index (χ1v) is 7.54. The molecule has 23 heavy (non-hydrogen) atoms. The van der Waals surface area contributed by atoms with Gasteiger partial charge >= 0.3 is 6.18 Å². The van der Waals surface area contributed by atoms with E-state index >= 15 is 0 Å². The molecule has 2 rings (SSSR count). The SMILES string of the molecule is CC1=CC(=N)/C(=C\NCC2CCC2)C=C1C(=O)NCC(F)(F)F. The second kappa shape index (κ2) is 7.02. The third-order valence-electron chi connectivity index (χ3n) is 3.98. The average molecular weight is 327 g/mol. The summed E-state index contributed by atoms with van der Waals surface area (Å²) in [5, 5.41) is 12.9. The molecule has 2 aliphatic carbocycles. The lowest BCUT2D eigenvalue weighted by atomic mass is 9.85. The summed E-state index contributed by atoms with van der Waals surface area (Å²) in [6, 6.07) is 0. The average Bonchev–Trinajstić information content (AvgIpc) is 2.40. The van der Waals surface area contributed by atoms with Crippen LogP contribution >= 0.6 is 0 Å². The number of rotatable bonds is 5. The second-order valence-corrected chi connectivity index (χ2v) is 5.90. The molecule has 0 bridgehead atoms. The lowest BCUT2D eigenvalue weighted by Crippen LogP contribution is -2.35. The van der Waals surface area contributed by atoms with Crippen molar-refractivity contribution in [3.05, 3.63) is 35.1 Å². The largest absolute Gasteiger partial charge is 0.405 e. The van der Waals surface area contributed by atoms with Crippen LogP contribution in [0.1, 0.15) is 26.2 Å². The monoisotopic (exact) mass is 327 g/mol. The molecule has 1 amide bonds. The van der Waals surface area contributed by atoms with Crippen LogP contribution in [0.3, 0.4) is 0 Å². The first-order valence-electron chi connectivity index (χ1n) is 7.54. The molecule has 4 nitrogen and oxygen atoms in total. The van der Waals surface area contributed by atoms with Gasteiger partial charge in [-0.3, -0.25) is 4.79 Å². The van der Waals surface area contributed by atoms with Crippen LogP contribution in [0.5, 0.6) is 0 Å². The predicted octanol–water partition coefficient (Wildman–Crippen LogP) is 2.84. The van der Waals surface area contributed by atoms with Gasteiger partial charge in [0.1, 0.15) is 6.54 Å². The van der Waals surface area contributed by atoms with Gasteiger partial charge in [-0.25, -0.2) is 0 Å². The Morgan fingerprint density at radius 2 is 2.09 bits per heavy atom. The fourth-order valence-electron chi connectivity index (χ4n) is 2.40. The normalized spacial score (nSPS) is 20.7. The van der Waals surface area contributed by atoms with E-state index in [1.54, 1.807) is 13.1 Å². The molecule has 3 N–H and O–H groups in total. The third-order valence-corrected chi connectivity index (χ3v) is 3.98. The van der Waals surface area contributed by atoms with Crippen LogP contribution in [0.15, 0.2) is 35.1 Å². The van der Waals surface area contributed by atoms with E-state index < -0.39 is 18.6 Å². The Kier molecular flexibility index (Phi) is 5.28. The zero-order valence-electron chi connectivity index (χ0n) is 12.9. The highest BCUT2D eigenvalue weighted by atomic mass is 19.4. The topological polar surface area (TPSA) is 65.0 Å². The van der Waals surface area contributed by atoms with Gasteiger partial charge in [0.05, 0.1) is 5.71 Å². The van der Waals surface area contributed by atoms with Gasteiger partial charge in [0.15, 0.2) is 0 Å². The highest BCUT2D eigenvalue weighted by Gasteiger charge is 2.29. The number of halogens is 3. The van der Waals surface area contributed by atoms with Crippen molar-refractivity contribution in [3.63, 3.8) is 0 Å². The van der Waals surface area contributed by atoms with Gasteiger partial charge in [0, 0.05) is 23.9 Å². The number of carbonyl (C=O) groups excluding carboxylic acids is 1. The van der Waals surface area contributed by atoms with E-state index in [1.165, 1.54) is 31.4 Å². The van der Waals surface area contributed by atoms with Gasteiger partial charge in [-0.1, -0.05) is 6.42 Å².